The lowest BCUT2D eigenvalue weighted by Gasteiger charge is -2.34. The molecule has 0 radical (unpaired) electrons. The fourth-order valence-corrected chi connectivity index (χ4v) is 3.94. The molecular weight excluding hydrogens is 172 g/mol. The summed E-state index contributed by atoms with van der Waals surface area (Å²) in [5, 5.41) is 0. The van der Waals surface area contributed by atoms with Crippen molar-refractivity contribution in [2.24, 2.45) is 29.5 Å². The number of hydrogen-bond donors (Lipinski definition) is 2. The summed E-state index contributed by atoms with van der Waals surface area (Å²) < 4.78 is 0. The third-order valence-electron chi connectivity index (χ3n) is 4.99. The first-order valence-electron chi connectivity index (χ1n) is 6.38. The Morgan fingerprint density at radius 1 is 0.929 bits per heavy atom. The van der Waals surface area contributed by atoms with E-state index >= 15 is 0 Å². The molecule has 3 fully saturated rings. The van der Waals surface area contributed by atoms with Crippen molar-refractivity contribution in [2.75, 3.05) is 0 Å². The number of hydrogen-bond acceptors (Lipinski definition) is 2. The van der Waals surface area contributed by atoms with Crippen molar-refractivity contribution in [3.63, 3.8) is 0 Å². The van der Waals surface area contributed by atoms with Gasteiger partial charge in [0.25, 0.3) is 0 Å². The molecule has 0 saturated heterocycles. The lowest BCUT2D eigenvalue weighted by molar-refractivity contribution is 0.201. The van der Waals surface area contributed by atoms with Crippen LogP contribution >= 0.6 is 0 Å². The number of hydrazine groups is 1. The summed E-state index contributed by atoms with van der Waals surface area (Å²) >= 11 is 0. The van der Waals surface area contributed by atoms with Crippen LogP contribution in [0.4, 0.5) is 0 Å². The highest BCUT2D eigenvalue weighted by molar-refractivity contribution is 5.06. The van der Waals surface area contributed by atoms with Gasteiger partial charge >= 0.3 is 0 Å². The summed E-state index contributed by atoms with van der Waals surface area (Å²) in [5.41, 5.74) is 3.12. The molecule has 3 saturated carbocycles. The number of nitrogens with two attached hydrogens (primary N) is 1. The molecule has 2 nitrogen and oxygen atoms in total. The van der Waals surface area contributed by atoms with Gasteiger partial charge in [0.1, 0.15) is 0 Å². The van der Waals surface area contributed by atoms with E-state index in [1.807, 2.05) is 0 Å². The van der Waals surface area contributed by atoms with Crippen LogP contribution in [0.2, 0.25) is 0 Å². The van der Waals surface area contributed by atoms with Gasteiger partial charge in [0.05, 0.1) is 0 Å². The molecule has 80 valence electrons. The number of nitrogens with one attached hydrogen (secondary N) is 1. The first kappa shape index (κ1) is 9.17. The SMILES string of the molecule is NNC(C1CCC1)C1C2CCCCC21. The second kappa shape index (κ2) is 3.49. The van der Waals surface area contributed by atoms with E-state index in [2.05, 4.69) is 5.43 Å². The van der Waals surface area contributed by atoms with Crippen LogP contribution in [0.1, 0.15) is 44.9 Å². The van der Waals surface area contributed by atoms with E-state index in [-0.39, 0.29) is 0 Å². The summed E-state index contributed by atoms with van der Waals surface area (Å²) in [6, 6.07) is 0.664. The summed E-state index contributed by atoms with van der Waals surface area (Å²) in [6.45, 7) is 0. The van der Waals surface area contributed by atoms with Crippen LogP contribution in [-0.4, -0.2) is 6.04 Å². The Labute approximate surface area is 86.6 Å². The van der Waals surface area contributed by atoms with Gasteiger partial charge < -0.3 is 0 Å². The molecule has 0 aromatic rings. The zero-order valence-electron chi connectivity index (χ0n) is 8.91. The predicted octanol–water partition coefficient (Wildman–Crippen LogP) is 2.05. The van der Waals surface area contributed by atoms with E-state index in [1.165, 1.54) is 44.9 Å². The molecule has 0 amide bonds. The molecule has 3 atom stereocenters. The highest BCUT2D eigenvalue weighted by atomic mass is 15.2. The predicted molar refractivity (Wildman–Crippen MR) is 57.4 cm³/mol. The summed E-state index contributed by atoms with van der Waals surface area (Å²) in [7, 11) is 0. The minimum Gasteiger partial charge on any atom is -0.271 e. The monoisotopic (exact) mass is 194 g/mol. The molecule has 3 unspecified atom stereocenters. The summed E-state index contributed by atoms with van der Waals surface area (Å²) in [5.74, 6) is 9.69. The standard InChI is InChI=1S/C12H22N2/c13-14-12(8-4-3-5-8)11-9-6-1-2-7-10(9)11/h8-12,14H,1-7,13H2. The molecule has 0 aromatic carbocycles. The van der Waals surface area contributed by atoms with Crippen molar-refractivity contribution in [1.29, 1.82) is 0 Å². The topological polar surface area (TPSA) is 38.0 Å². The zero-order chi connectivity index (χ0) is 9.54. The lowest BCUT2D eigenvalue weighted by Crippen LogP contribution is -2.45. The van der Waals surface area contributed by atoms with Gasteiger partial charge in [-0.2, -0.15) is 0 Å². The van der Waals surface area contributed by atoms with E-state index in [1.54, 1.807) is 0 Å². The molecule has 3 rings (SSSR count). The Morgan fingerprint density at radius 2 is 1.57 bits per heavy atom. The van der Waals surface area contributed by atoms with E-state index < -0.39 is 0 Å². The Balaban J connectivity index is 1.63. The van der Waals surface area contributed by atoms with Crippen LogP contribution in [0.5, 0.6) is 0 Å². The fourth-order valence-electron chi connectivity index (χ4n) is 3.94. The van der Waals surface area contributed by atoms with Gasteiger partial charge in [0, 0.05) is 6.04 Å². The maximum Gasteiger partial charge on any atom is 0.0272 e. The average Bonchev–Trinajstić information content (AvgIpc) is 2.85. The lowest BCUT2D eigenvalue weighted by atomic mass is 9.77. The minimum absolute atomic E-state index is 0.664. The molecule has 3 N–H and O–H groups in total. The minimum atomic E-state index is 0.664. The van der Waals surface area contributed by atoms with Crippen LogP contribution < -0.4 is 11.3 Å². The molecule has 0 heterocycles. The third-order valence-corrected chi connectivity index (χ3v) is 4.99. The molecule has 0 spiro atoms. The van der Waals surface area contributed by atoms with Gasteiger partial charge in [-0.15, -0.1) is 0 Å². The van der Waals surface area contributed by atoms with Crippen molar-refractivity contribution < 1.29 is 0 Å². The molecular formula is C12H22N2. The van der Waals surface area contributed by atoms with Gasteiger partial charge in [0.15, 0.2) is 0 Å². The van der Waals surface area contributed by atoms with Gasteiger partial charge in [-0.3, -0.25) is 11.3 Å². The van der Waals surface area contributed by atoms with Crippen LogP contribution in [0.25, 0.3) is 0 Å². The molecule has 14 heavy (non-hydrogen) atoms. The van der Waals surface area contributed by atoms with E-state index in [9.17, 15) is 0 Å². The summed E-state index contributed by atoms with van der Waals surface area (Å²) in [6.07, 6.45) is 10.2. The Bertz CT molecular complexity index is 200. The number of rotatable bonds is 3. The zero-order valence-corrected chi connectivity index (χ0v) is 8.91. The quantitative estimate of drug-likeness (QED) is 0.533. The van der Waals surface area contributed by atoms with Crippen LogP contribution in [-0.2, 0) is 0 Å². The van der Waals surface area contributed by atoms with Crippen LogP contribution in [0.3, 0.4) is 0 Å². The highest BCUT2D eigenvalue weighted by Crippen LogP contribution is 2.59. The Kier molecular flexibility index (Phi) is 2.29. The van der Waals surface area contributed by atoms with Gasteiger partial charge in [-0.1, -0.05) is 19.3 Å². The van der Waals surface area contributed by atoms with Gasteiger partial charge in [-0.05, 0) is 49.4 Å². The third kappa shape index (κ3) is 1.31. The van der Waals surface area contributed by atoms with Crippen molar-refractivity contribution >= 4 is 0 Å². The van der Waals surface area contributed by atoms with Crippen molar-refractivity contribution in [3.05, 3.63) is 0 Å². The molecule has 0 aromatic heterocycles. The fraction of sp³-hybridized carbons (Fsp3) is 1.00. The van der Waals surface area contributed by atoms with Crippen LogP contribution in [0, 0.1) is 23.7 Å². The van der Waals surface area contributed by atoms with Crippen molar-refractivity contribution in [2.45, 2.75) is 51.0 Å². The summed E-state index contributed by atoms with van der Waals surface area (Å²) in [4.78, 5) is 0. The average molecular weight is 194 g/mol. The first-order chi connectivity index (χ1) is 6.92. The molecule has 0 bridgehead atoms. The number of fused-ring (bicyclic) bond motifs is 1. The normalized spacial score (nSPS) is 43.9. The molecule has 3 aliphatic rings. The maximum atomic E-state index is 5.73. The first-order valence-corrected chi connectivity index (χ1v) is 6.38. The Morgan fingerprint density at radius 3 is 2.00 bits per heavy atom. The van der Waals surface area contributed by atoms with E-state index in [0.717, 1.165) is 23.7 Å². The van der Waals surface area contributed by atoms with Crippen molar-refractivity contribution in [1.82, 2.24) is 5.43 Å². The largest absolute Gasteiger partial charge is 0.271 e. The van der Waals surface area contributed by atoms with Gasteiger partial charge in [0.2, 0.25) is 0 Å². The van der Waals surface area contributed by atoms with Gasteiger partial charge in [-0.25, -0.2) is 0 Å². The Hall–Kier alpha value is -0.0800. The molecule has 0 aliphatic heterocycles. The second-order valence-electron chi connectivity index (χ2n) is 5.57. The molecule has 2 heteroatoms. The smallest absolute Gasteiger partial charge is 0.0272 e. The second-order valence-corrected chi connectivity index (χ2v) is 5.57. The van der Waals surface area contributed by atoms with Crippen molar-refractivity contribution in [3.8, 4) is 0 Å². The van der Waals surface area contributed by atoms with Crippen LogP contribution in [0.15, 0.2) is 0 Å². The molecule has 3 aliphatic carbocycles. The maximum absolute atomic E-state index is 5.73. The highest BCUT2D eigenvalue weighted by Gasteiger charge is 2.55. The van der Waals surface area contributed by atoms with E-state index in [4.69, 9.17) is 5.84 Å². The van der Waals surface area contributed by atoms with E-state index in [0.29, 0.717) is 6.04 Å².